The van der Waals surface area contributed by atoms with Crippen molar-refractivity contribution in [1.82, 2.24) is 0 Å². The third-order valence-corrected chi connectivity index (χ3v) is 2.26. The van der Waals surface area contributed by atoms with Crippen LogP contribution in [0.25, 0.3) is 0 Å². The SMILES string of the molecule is CC(C)O[C@H](O)[C@@H](O)[C@@H](O)[C@@H](CC(=O)O)OC(C)C. The molecule has 0 aromatic carbocycles. The largest absolute Gasteiger partial charge is 0.481 e. The maximum absolute atomic E-state index is 10.7. The van der Waals surface area contributed by atoms with E-state index in [1.807, 2.05) is 0 Å². The smallest absolute Gasteiger partial charge is 0.306 e. The molecule has 7 heteroatoms. The molecule has 114 valence electrons. The van der Waals surface area contributed by atoms with Crippen LogP contribution in [0.4, 0.5) is 0 Å². The predicted molar refractivity (Wildman–Crippen MR) is 66.5 cm³/mol. The van der Waals surface area contributed by atoms with Gasteiger partial charge in [0.1, 0.15) is 12.2 Å². The van der Waals surface area contributed by atoms with Crippen LogP contribution in [0.3, 0.4) is 0 Å². The summed E-state index contributed by atoms with van der Waals surface area (Å²) in [6.45, 7) is 6.66. The molecule has 4 atom stereocenters. The highest BCUT2D eigenvalue weighted by Crippen LogP contribution is 2.15. The first-order valence-corrected chi connectivity index (χ1v) is 6.22. The van der Waals surface area contributed by atoms with Crippen LogP contribution < -0.4 is 0 Å². The van der Waals surface area contributed by atoms with Crippen LogP contribution in [-0.2, 0) is 14.3 Å². The number of hydrogen-bond donors (Lipinski definition) is 4. The van der Waals surface area contributed by atoms with Crippen LogP contribution in [0, 0.1) is 0 Å². The van der Waals surface area contributed by atoms with E-state index in [4.69, 9.17) is 14.6 Å². The molecule has 0 bridgehead atoms. The first-order chi connectivity index (χ1) is 8.65. The quantitative estimate of drug-likeness (QED) is 0.429. The number of rotatable bonds is 9. The molecule has 0 saturated carbocycles. The zero-order valence-corrected chi connectivity index (χ0v) is 11.7. The highest BCUT2D eigenvalue weighted by molar-refractivity contribution is 5.67. The third-order valence-electron chi connectivity index (χ3n) is 2.26. The minimum Gasteiger partial charge on any atom is -0.481 e. The van der Waals surface area contributed by atoms with Gasteiger partial charge < -0.3 is 29.9 Å². The van der Waals surface area contributed by atoms with E-state index < -0.39 is 37.0 Å². The van der Waals surface area contributed by atoms with Crippen LogP contribution in [0.1, 0.15) is 34.1 Å². The lowest BCUT2D eigenvalue weighted by Gasteiger charge is -2.30. The lowest BCUT2D eigenvalue weighted by atomic mass is 10.0. The zero-order valence-electron chi connectivity index (χ0n) is 11.7. The van der Waals surface area contributed by atoms with Crippen molar-refractivity contribution in [2.45, 2.75) is 70.9 Å². The molecule has 0 saturated heterocycles. The minimum atomic E-state index is -1.65. The molecule has 0 rings (SSSR count). The first kappa shape index (κ1) is 18.3. The van der Waals surface area contributed by atoms with Gasteiger partial charge in [0.05, 0.1) is 24.7 Å². The van der Waals surface area contributed by atoms with Gasteiger partial charge in [0, 0.05) is 0 Å². The van der Waals surface area contributed by atoms with Crippen molar-refractivity contribution < 1.29 is 34.7 Å². The Hall–Kier alpha value is -0.730. The number of carbonyl (C=O) groups is 1. The summed E-state index contributed by atoms with van der Waals surface area (Å²) in [6.07, 6.45) is -7.10. The van der Waals surface area contributed by atoms with Crippen molar-refractivity contribution >= 4 is 5.97 Å². The number of ether oxygens (including phenoxy) is 2. The van der Waals surface area contributed by atoms with E-state index in [1.54, 1.807) is 27.7 Å². The fourth-order valence-electron chi connectivity index (χ4n) is 1.52. The second kappa shape index (κ2) is 8.44. The Morgan fingerprint density at radius 3 is 1.79 bits per heavy atom. The minimum absolute atomic E-state index is 0.325. The van der Waals surface area contributed by atoms with Gasteiger partial charge in [-0.3, -0.25) is 4.79 Å². The fourth-order valence-corrected chi connectivity index (χ4v) is 1.52. The molecule has 0 spiro atoms. The molecule has 4 N–H and O–H groups in total. The van der Waals surface area contributed by atoms with Gasteiger partial charge in [-0.1, -0.05) is 0 Å². The molecule has 0 radical (unpaired) electrons. The van der Waals surface area contributed by atoms with Crippen molar-refractivity contribution in [3.63, 3.8) is 0 Å². The van der Waals surface area contributed by atoms with Gasteiger partial charge in [-0.2, -0.15) is 0 Å². The highest BCUT2D eigenvalue weighted by atomic mass is 16.6. The number of carboxylic acids is 1. The number of aliphatic carboxylic acids is 1. The molecule has 0 aliphatic carbocycles. The van der Waals surface area contributed by atoms with E-state index in [1.165, 1.54) is 0 Å². The molecule has 19 heavy (non-hydrogen) atoms. The molecule has 0 fully saturated rings. The Bertz CT molecular complexity index is 267. The summed E-state index contributed by atoms with van der Waals surface area (Å²) in [5, 5.41) is 37.9. The maximum atomic E-state index is 10.7. The maximum Gasteiger partial charge on any atom is 0.306 e. The van der Waals surface area contributed by atoms with E-state index in [2.05, 4.69) is 0 Å². The second-order valence-electron chi connectivity index (χ2n) is 4.88. The summed E-state index contributed by atoms with van der Waals surface area (Å²) in [7, 11) is 0. The topological polar surface area (TPSA) is 116 Å². The number of aliphatic hydroxyl groups excluding tert-OH is 3. The van der Waals surface area contributed by atoms with Crippen molar-refractivity contribution in [1.29, 1.82) is 0 Å². The zero-order chi connectivity index (χ0) is 15.2. The highest BCUT2D eigenvalue weighted by Gasteiger charge is 2.34. The van der Waals surface area contributed by atoms with E-state index in [0.29, 0.717) is 0 Å². The average Bonchev–Trinajstić information content (AvgIpc) is 2.23. The van der Waals surface area contributed by atoms with Gasteiger partial charge in [0.2, 0.25) is 0 Å². The number of hydrogen-bond acceptors (Lipinski definition) is 6. The van der Waals surface area contributed by atoms with E-state index in [9.17, 15) is 20.1 Å². The molecule has 0 aromatic rings. The van der Waals surface area contributed by atoms with Crippen LogP contribution in [0.5, 0.6) is 0 Å². The fraction of sp³-hybridized carbons (Fsp3) is 0.917. The van der Waals surface area contributed by atoms with Crippen LogP contribution in [0.15, 0.2) is 0 Å². The second-order valence-corrected chi connectivity index (χ2v) is 4.88. The van der Waals surface area contributed by atoms with Crippen molar-refractivity contribution in [2.75, 3.05) is 0 Å². The van der Waals surface area contributed by atoms with Crippen LogP contribution in [0.2, 0.25) is 0 Å². The van der Waals surface area contributed by atoms with E-state index >= 15 is 0 Å². The van der Waals surface area contributed by atoms with Gasteiger partial charge in [0.25, 0.3) is 0 Å². The summed E-state index contributed by atoms with van der Waals surface area (Å²) < 4.78 is 10.2. The molecule has 0 heterocycles. The molecular weight excluding hydrogens is 256 g/mol. The Labute approximate surface area is 112 Å². The van der Waals surface area contributed by atoms with Gasteiger partial charge in [0.15, 0.2) is 6.29 Å². The predicted octanol–water partition coefficient (Wildman–Crippen LogP) is -0.280. The van der Waals surface area contributed by atoms with Crippen LogP contribution in [-0.4, -0.2) is 63.2 Å². The molecule has 0 amide bonds. The summed E-state index contributed by atoms with van der Waals surface area (Å²) in [6, 6.07) is 0. The monoisotopic (exact) mass is 280 g/mol. The van der Waals surface area contributed by atoms with Gasteiger partial charge >= 0.3 is 5.97 Å². The van der Waals surface area contributed by atoms with Gasteiger partial charge in [-0.05, 0) is 27.7 Å². The van der Waals surface area contributed by atoms with Crippen molar-refractivity contribution in [3.8, 4) is 0 Å². The van der Waals surface area contributed by atoms with Crippen molar-refractivity contribution in [3.05, 3.63) is 0 Å². The molecule has 0 aromatic heterocycles. The Balaban J connectivity index is 4.66. The third kappa shape index (κ3) is 7.44. The normalized spacial score (nSPS) is 18.4. The van der Waals surface area contributed by atoms with E-state index in [-0.39, 0.29) is 12.2 Å². The molecular formula is C12H24O7. The molecule has 0 unspecified atom stereocenters. The number of aliphatic hydroxyl groups is 3. The first-order valence-electron chi connectivity index (χ1n) is 6.22. The van der Waals surface area contributed by atoms with Gasteiger partial charge in [-0.25, -0.2) is 0 Å². The summed E-state index contributed by atoms with van der Waals surface area (Å²) in [5.41, 5.74) is 0. The standard InChI is InChI=1S/C12H24O7/c1-6(2)18-8(5-9(13)14)10(15)11(16)12(17)19-7(3)4/h6-8,10-12,15-17H,5H2,1-4H3,(H,13,14)/t8-,10+,11+,12+/m1/s1. The van der Waals surface area contributed by atoms with Crippen LogP contribution >= 0.6 is 0 Å². The average molecular weight is 280 g/mol. The summed E-state index contributed by atoms with van der Waals surface area (Å²) in [4.78, 5) is 10.7. The lowest BCUT2D eigenvalue weighted by molar-refractivity contribution is -0.222. The molecule has 0 aliphatic heterocycles. The Morgan fingerprint density at radius 2 is 1.42 bits per heavy atom. The molecule has 7 nitrogen and oxygen atoms in total. The van der Waals surface area contributed by atoms with E-state index in [0.717, 1.165) is 0 Å². The Kier molecular flexibility index (Phi) is 8.12. The molecule has 0 aliphatic rings. The van der Waals surface area contributed by atoms with Gasteiger partial charge in [-0.15, -0.1) is 0 Å². The lowest BCUT2D eigenvalue weighted by Crippen LogP contribution is -2.48. The Morgan fingerprint density at radius 1 is 0.947 bits per heavy atom. The summed E-state index contributed by atoms with van der Waals surface area (Å²) in [5.74, 6) is -1.17. The van der Waals surface area contributed by atoms with Crippen molar-refractivity contribution in [2.24, 2.45) is 0 Å². The number of carboxylic acid groups (broad SMARTS) is 1. The summed E-state index contributed by atoms with van der Waals surface area (Å²) >= 11 is 0.